The monoisotopic (exact) mass is 330 g/mol. The van der Waals surface area contributed by atoms with Gasteiger partial charge in [-0.05, 0) is 36.8 Å². The number of amides is 1. The number of hydrogen-bond acceptors (Lipinski definition) is 5. The number of halogens is 1. The number of phenols is 1. The zero-order valence-electron chi connectivity index (χ0n) is 12.9. The number of aryl methyl sites for hydroxylation is 1. The smallest absolute Gasteiger partial charge is 0.263 e. The van der Waals surface area contributed by atoms with Gasteiger partial charge in [0.15, 0.2) is 17.3 Å². The van der Waals surface area contributed by atoms with Crippen LogP contribution in [-0.4, -0.2) is 16.0 Å². The van der Waals surface area contributed by atoms with Crippen molar-refractivity contribution in [2.24, 2.45) is 0 Å². The number of benzene rings is 1. The fourth-order valence-corrected chi connectivity index (χ4v) is 2.17. The highest BCUT2D eigenvalue weighted by Crippen LogP contribution is 2.22. The molecule has 1 amide bonds. The van der Waals surface area contributed by atoms with Crippen LogP contribution in [0.25, 0.3) is 11.7 Å². The first-order chi connectivity index (χ1) is 11.5. The second-order valence-electron chi connectivity index (χ2n) is 5.24. The van der Waals surface area contributed by atoms with Gasteiger partial charge in [-0.15, -0.1) is 0 Å². The molecule has 24 heavy (non-hydrogen) atoms. The van der Waals surface area contributed by atoms with Gasteiger partial charge in [-0.25, -0.2) is 9.37 Å². The average Bonchev–Trinajstić information content (AvgIpc) is 3.19. The summed E-state index contributed by atoms with van der Waals surface area (Å²) in [6, 6.07) is 7.39. The first-order valence-electron chi connectivity index (χ1n) is 7.27. The lowest BCUT2D eigenvalue weighted by atomic mass is 10.2. The molecule has 3 rings (SSSR count). The summed E-state index contributed by atoms with van der Waals surface area (Å²) < 4.78 is 23.9. The lowest BCUT2D eigenvalue weighted by Crippen LogP contribution is -2.25. The van der Waals surface area contributed by atoms with Crippen molar-refractivity contribution in [3.05, 3.63) is 59.4 Å². The maximum absolute atomic E-state index is 13.2. The number of carbonyl (C=O) groups is 1. The highest BCUT2D eigenvalue weighted by Gasteiger charge is 2.16. The van der Waals surface area contributed by atoms with Gasteiger partial charge in [0, 0.05) is 6.54 Å². The average molecular weight is 330 g/mol. The summed E-state index contributed by atoms with van der Waals surface area (Å²) in [7, 11) is 0. The summed E-state index contributed by atoms with van der Waals surface area (Å²) in [5.41, 5.74) is 1.06. The van der Waals surface area contributed by atoms with E-state index in [9.17, 15) is 9.18 Å². The van der Waals surface area contributed by atoms with E-state index in [1.54, 1.807) is 19.1 Å². The largest absolute Gasteiger partial charge is 0.505 e. The van der Waals surface area contributed by atoms with E-state index in [-0.39, 0.29) is 18.9 Å². The Balaban J connectivity index is 1.61. The van der Waals surface area contributed by atoms with Gasteiger partial charge in [-0.2, -0.15) is 0 Å². The lowest BCUT2D eigenvalue weighted by Gasteiger charge is -2.05. The molecule has 2 N–H and O–H groups in total. The number of rotatable bonds is 5. The zero-order chi connectivity index (χ0) is 17.1. The van der Waals surface area contributed by atoms with Crippen molar-refractivity contribution in [3.8, 4) is 17.4 Å². The van der Waals surface area contributed by atoms with Crippen molar-refractivity contribution in [1.82, 2.24) is 10.3 Å². The van der Waals surface area contributed by atoms with E-state index in [2.05, 4.69) is 10.3 Å². The molecule has 0 aliphatic carbocycles. The molecule has 0 aliphatic heterocycles. The Morgan fingerprint density at radius 2 is 2.21 bits per heavy atom. The Morgan fingerprint density at radius 3 is 2.92 bits per heavy atom. The van der Waals surface area contributed by atoms with Crippen LogP contribution < -0.4 is 5.32 Å². The number of nitrogens with zero attached hydrogens (tertiary/aromatic N) is 1. The number of aromatic nitrogens is 1. The fourth-order valence-electron chi connectivity index (χ4n) is 2.17. The topological polar surface area (TPSA) is 88.5 Å². The number of furan rings is 1. The summed E-state index contributed by atoms with van der Waals surface area (Å²) in [4.78, 5) is 16.3. The number of hydrogen-bond donors (Lipinski definition) is 2. The standard InChI is InChI=1S/C17H15FN2O4/c1-10-13(20-17(24-10)15-3-2-6-23-15)8-16(22)19-9-11-4-5-14(21)12(18)7-11/h2-7,21H,8-9H2,1H3,(H,19,22). The Morgan fingerprint density at radius 1 is 1.38 bits per heavy atom. The van der Waals surface area contributed by atoms with Gasteiger partial charge in [0.1, 0.15) is 5.76 Å². The molecule has 0 saturated carbocycles. The van der Waals surface area contributed by atoms with Crippen LogP contribution in [0, 0.1) is 12.7 Å². The molecular formula is C17H15FN2O4. The molecule has 124 valence electrons. The van der Waals surface area contributed by atoms with Crippen LogP contribution in [0.5, 0.6) is 5.75 Å². The predicted molar refractivity (Wildman–Crippen MR) is 82.6 cm³/mol. The zero-order valence-corrected chi connectivity index (χ0v) is 12.9. The summed E-state index contributed by atoms with van der Waals surface area (Å²) >= 11 is 0. The summed E-state index contributed by atoms with van der Waals surface area (Å²) in [6.07, 6.45) is 1.55. The second kappa shape index (κ2) is 6.57. The predicted octanol–water partition coefficient (Wildman–Crippen LogP) is 2.95. The first kappa shape index (κ1) is 15.8. The third-order valence-electron chi connectivity index (χ3n) is 3.45. The minimum Gasteiger partial charge on any atom is -0.505 e. The van der Waals surface area contributed by atoms with Crippen LogP contribution in [0.3, 0.4) is 0 Å². The van der Waals surface area contributed by atoms with E-state index in [1.165, 1.54) is 24.5 Å². The molecular weight excluding hydrogens is 315 g/mol. The molecule has 7 heteroatoms. The van der Waals surface area contributed by atoms with E-state index in [4.69, 9.17) is 13.9 Å². The summed E-state index contributed by atoms with van der Waals surface area (Å²) in [5.74, 6) is -0.0747. The Kier molecular flexibility index (Phi) is 4.33. The minimum atomic E-state index is -0.725. The van der Waals surface area contributed by atoms with E-state index in [1.807, 2.05) is 0 Å². The van der Waals surface area contributed by atoms with Crippen LogP contribution in [0.4, 0.5) is 4.39 Å². The molecule has 3 aromatic rings. The number of aromatic hydroxyl groups is 1. The van der Waals surface area contributed by atoms with Crippen LogP contribution in [0.2, 0.25) is 0 Å². The molecule has 0 atom stereocenters. The van der Waals surface area contributed by atoms with E-state index >= 15 is 0 Å². The summed E-state index contributed by atoms with van der Waals surface area (Å²) in [5, 5.41) is 11.8. The minimum absolute atomic E-state index is 0.0383. The number of phenolic OH excluding ortho intramolecular Hbond substituents is 1. The quantitative estimate of drug-likeness (QED) is 0.751. The SMILES string of the molecule is Cc1oc(-c2ccco2)nc1CC(=O)NCc1ccc(O)c(F)c1. The Hall–Kier alpha value is -3.09. The van der Waals surface area contributed by atoms with Crippen LogP contribution in [0.15, 0.2) is 45.4 Å². The van der Waals surface area contributed by atoms with Crippen molar-refractivity contribution in [3.63, 3.8) is 0 Å². The molecule has 2 aromatic heterocycles. The van der Waals surface area contributed by atoms with E-state index in [0.717, 1.165) is 0 Å². The molecule has 0 aliphatic rings. The van der Waals surface area contributed by atoms with Crippen LogP contribution in [-0.2, 0) is 17.8 Å². The third kappa shape index (κ3) is 3.45. The van der Waals surface area contributed by atoms with Crippen LogP contribution in [0.1, 0.15) is 17.0 Å². The highest BCUT2D eigenvalue weighted by atomic mass is 19.1. The van der Waals surface area contributed by atoms with Crippen molar-refractivity contribution in [2.45, 2.75) is 19.9 Å². The molecule has 2 heterocycles. The molecule has 0 unspecified atom stereocenters. The normalized spacial score (nSPS) is 10.8. The molecule has 0 fully saturated rings. The number of nitrogens with one attached hydrogen (secondary N) is 1. The number of oxazole rings is 1. The molecule has 0 radical (unpaired) electrons. The van der Waals surface area contributed by atoms with Crippen LogP contribution >= 0.6 is 0 Å². The molecule has 0 spiro atoms. The van der Waals surface area contributed by atoms with Gasteiger partial charge in [-0.3, -0.25) is 4.79 Å². The maximum Gasteiger partial charge on any atom is 0.263 e. The molecule has 0 saturated heterocycles. The van der Waals surface area contributed by atoms with E-state index in [0.29, 0.717) is 28.7 Å². The van der Waals surface area contributed by atoms with Crippen molar-refractivity contribution < 1.29 is 23.1 Å². The van der Waals surface area contributed by atoms with E-state index < -0.39 is 11.6 Å². The summed E-state index contributed by atoms with van der Waals surface area (Å²) in [6.45, 7) is 1.87. The van der Waals surface area contributed by atoms with Gasteiger partial charge in [-0.1, -0.05) is 6.07 Å². The second-order valence-corrected chi connectivity index (χ2v) is 5.24. The van der Waals surface area contributed by atoms with Crippen molar-refractivity contribution >= 4 is 5.91 Å². The van der Waals surface area contributed by atoms with Crippen molar-refractivity contribution in [2.75, 3.05) is 0 Å². The van der Waals surface area contributed by atoms with Gasteiger partial charge < -0.3 is 19.3 Å². The fraction of sp³-hybridized carbons (Fsp3) is 0.176. The maximum atomic E-state index is 13.2. The highest BCUT2D eigenvalue weighted by molar-refractivity contribution is 5.78. The van der Waals surface area contributed by atoms with Gasteiger partial charge in [0.25, 0.3) is 5.89 Å². The molecule has 1 aromatic carbocycles. The third-order valence-corrected chi connectivity index (χ3v) is 3.45. The van der Waals surface area contributed by atoms with Gasteiger partial charge in [0.2, 0.25) is 5.91 Å². The van der Waals surface area contributed by atoms with Gasteiger partial charge >= 0.3 is 0 Å². The lowest BCUT2D eigenvalue weighted by molar-refractivity contribution is -0.120. The number of carbonyl (C=O) groups excluding carboxylic acids is 1. The molecule has 6 nitrogen and oxygen atoms in total. The Bertz CT molecular complexity index is 856. The Labute approximate surface area is 136 Å². The first-order valence-corrected chi connectivity index (χ1v) is 7.27. The van der Waals surface area contributed by atoms with Crippen molar-refractivity contribution in [1.29, 1.82) is 0 Å². The van der Waals surface area contributed by atoms with Gasteiger partial charge in [0.05, 0.1) is 18.4 Å². The molecule has 0 bridgehead atoms.